The van der Waals surface area contributed by atoms with Gasteiger partial charge < -0.3 is 14.4 Å². The van der Waals surface area contributed by atoms with Crippen molar-refractivity contribution >= 4 is 5.91 Å². The van der Waals surface area contributed by atoms with Gasteiger partial charge in [-0.1, -0.05) is 25.1 Å². The van der Waals surface area contributed by atoms with Gasteiger partial charge >= 0.3 is 0 Å². The van der Waals surface area contributed by atoms with Crippen LogP contribution in [0.5, 0.6) is 5.75 Å². The van der Waals surface area contributed by atoms with Gasteiger partial charge in [0.25, 0.3) is 0 Å². The average Bonchev–Trinajstić information content (AvgIpc) is 2.41. The van der Waals surface area contributed by atoms with E-state index in [0.717, 1.165) is 24.3 Å². The summed E-state index contributed by atoms with van der Waals surface area (Å²) < 4.78 is 11.0. The van der Waals surface area contributed by atoms with E-state index in [1.807, 2.05) is 29.2 Å². The highest BCUT2D eigenvalue weighted by Gasteiger charge is 2.28. The average molecular weight is 249 g/mol. The van der Waals surface area contributed by atoms with Gasteiger partial charge in [0.1, 0.15) is 18.5 Å². The molecule has 4 nitrogen and oxygen atoms in total. The van der Waals surface area contributed by atoms with Crippen molar-refractivity contribution in [3.05, 3.63) is 29.8 Å². The summed E-state index contributed by atoms with van der Waals surface area (Å²) in [5.41, 5.74) is 1.01. The molecule has 1 amide bonds. The fraction of sp³-hybridized carbons (Fsp3) is 0.500. The summed E-state index contributed by atoms with van der Waals surface area (Å²) in [6, 6.07) is 7.80. The first-order chi connectivity index (χ1) is 8.76. The molecule has 2 rings (SSSR count). The lowest BCUT2D eigenvalue weighted by Crippen LogP contribution is -2.43. The number of methoxy groups -OCH3 is 1. The number of carbonyl (C=O) groups is 1. The van der Waals surface area contributed by atoms with E-state index in [9.17, 15) is 4.79 Å². The smallest absolute Gasteiger partial charge is 0.248 e. The van der Waals surface area contributed by atoms with Gasteiger partial charge in [0, 0.05) is 12.1 Å². The Balaban J connectivity index is 2.16. The van der Waals surface area contributed by atoms with Gasteiger partial charge in [0.2, 0.25) is 5.91 Å². The van der Waals surface area contributed by atoms with Crippen molar-refractivity contribution in [3.8, 4) is 5.75 Å². The van der Waals surface area contributed by atoms with E-state index in [0.29, 0.717) is 6.54 Å². The van der Waals surface area contributed by atoms with E-state index in [-0.39, 0.29) is 18.6 Å². The number of nitrogens with zero attached hydrogens (tertiary/aromatic N) is 1. The molecule has 0 spiro atoms. The Bertz CT molecular complexity index is 419. The second-order valence-electron chi connectivity index (χ2n) is 4.38. The second kappa shape index (κ2) is 5.87. The lowest BCUT2D eigenvalue weighted by atomic mass is 10.1. The van der Waals surface area contributed by atoms with Crippen LogP contribution >= 0.6 is 0 Å². The SMILES string of the molecule is CCCN1CC(c2ccccc2OC)OCC1=O. The Morgan fingerprint density at radius 1 is 1.44 bits per heavy atom. The number of hydrogen-bond acceptors (Lipinski definition) is 3. The van der Waals surface area contributed by atoms with Gasteiger partial charge in [-0.05, 0) is 12.5 Å². The Labute approximate surface area is 107 Å². The van der Waals surface area contributed by atoms with Crippen molar-refractivity contribution in [2.75, 3.05) is 26.8 Å². The molecule has 1 aromatic carbocycles. The van der Waals surface area contributed by atoms with E-state index in [1.54, 1.807) is 7.11 Å². The maximum absolute atomic E-state index is 11.7. The maximum Gasteiger partial charge on any atom is 0.248 e. The zero-order chi connectivity index (χ0) is 13.0. The molecule has 1 aliphatic heterocycles. The molecular weight excluding hydrogens is 230 g/mol. The largest absolute Gasteiger partial charge is 0.496 e. The molecule has 1 fully saturated rings. The number of benzene rings is 1. The van der Waals surface area contributed by atoms with Crippen LogP contribution in [0.25, 0.3) is 0 Å². The zero-order valence-corrected chi connectivity index (χ0v) is 10.9. The van der Waals surface area contributed by atoms with Crippen molar-refractivity contribution in [3.63, 3.8) is 0 Å². The third kappa shape index (κ3) is 2.64. The Morgan fingerprint density at radius 2 is 2.22 bits per heavy atom. The first-order valence-electron chi connectivity index (χ1n) is 6.28. The van der Waals surface area contributed by atoms with Crippen LogP contribution in [-0.2, 0) is 9.53 Å². The van der Waals surface area contributed by atoms with Crippen LogP contribution in [0.1, 0.15) is 25.0 Å². The second-order valence-corrected chi connectivity index (χ2v) is 4.38. The molecule has 1 saturated heterocycles. The van der Waals surface area contributed by atoms with Gasteiger partial charge in [0.15, 0.2) is 0 Å². The molecule has 0 aromatic heterocycles. The van der Waals surface area contributed by atoms with Crippen LogP contribution in [0.4, 0.5) is 0 Å². The Hall–Kier alpha value is -1.55. The molecule has 98 valence electrons. The molecule has 0 saturated carbocycles. The molecule has 1 unspecified atom stereocenters. The summed E-state index contributed by atoms with van der Waals surface area (Å²) in [6.07, 6.45) is 0.870. The summed E-state index contributed by atoms with van der Waals surface area (Å²) in [4.78, 5) is 13.5. The van der Waals surface area contributed by atoms with Crippen molar-refractivity contribution < 1.29 is 14.3 Å². The van der Waals surface area contributed by atoms with Crippen LogP contribution < -0.4 is 4.74 Å². The molecule has 1 aromatic rings. The van der Waals surface area contributed by atoms with Gasteiger partial charge in [-0.3, -0.25) is 4.79 Å². The minimum Gasteiger partial charge on any atom is -0.496 e. The van der Waals surface area contributed by atoms with Gasteiger partial charge in [-0.2, -0.15) is 0 Å². The number of amides is 1. The molecule has 0 aliphatic carbocycles. The number of para-hydroxylation sites is 1. The van der Waals surface area contributed by atoms with Crippen molar-refractivity contribution in [1.29, 1.82) is 0 Å². The molecule has 0 N–H and O–H groups in total. The molecule has 1 aliphatic rings. The quantitative estimate of drug-likeness (QED) is 0.819. The summed E-state index contributed by atoms with van der Waals surface area (Å²) in [5.74, 6) is 0.885. The lowest BCUT2D eigenvalue weighted by molar-refractivity contribution is -0.149. The molecule has 0 bridgehead atoms. The number of rotatable bonds is 4. The van der Waals surface area contributed by atoms with Crippen LogP contribution in [0, 0.1) is 0 Å². The molecule has 1 atom stereocenters. The normalized spacial score (nSPS) is 20.0. The predicted octanol–water partition coefficient (Wildman–Crippen LogP) is 2.01. The van der Waals surface area contributed by atoms with Gasteiger partial charge in [-0.25, -0.2) is 0 Å². The van der Waals surface area contributed by atoms with Crippen LogP contribution in [0.3, 0.4) is 0 Å². The summed E-state index contributed by atoms with van der Waals surface area (Å²) >= 11 is 0. The minimum atomic E-state index is -0.0922. The van der Waals surface area contributed by atoms with E-state index >= 15 is 0 Å². The van der Waals surface area contributed by atoms with E-state index in [4.69, 9.17) is 9.47 Å². The number of morpholine rings is 1. The van der Waals surface area contributed by atoms with Crippen LogP contribution in [0.2, 0.25) is 0 Å². The fourth-order valence-electron chi connectivity index (χ4n) is 2.22. The fourth-order valence-corrected chi connectivity index (χ4v) is 2.22. The third-order valence-corrected chi connectivity index (χ3v) is 3.13. The Morgan fingerprint density at radius 3 is 2.94 bits per heavy atom. The highest BCUT2D eigenvalue weighted by molar-refractivity contribution is 5.78. The van der Waals surface area contributed by atoms with Crippen LogP contribution in [0.15, 0.2) is 24.3 Å². The first-order valence-corrected chi connectivity index (χ1v) is 6.28. The lowest BCUT2D eigenvalue weighted by Gasteiger charge is -2.33. The van der Waals surface area contributed by atoms with Crippen LogP contribution in [-0.4, -0.2) is 37.6 Å². The third-order valence-electron chi connectivity index (χ3n) is 3.13. The zero-order valence-electron chi connectivity index (χ0n) is 10.9. The van der Waals surface area contributed by atoms with Crippen molar-refractivity contribution in [1.82, 2.24) is 4.90 Å². The molecule has 4 heteroatoms. The molecule has 18 heavy (non-hydrogen) atoms. The Kier molecular flexibility index (Phi) is 4.20. The summed E-state index contributed by atoms with van der Waals surface area (Å²) in [5, 5.41) is 0. The standard InChI is InChI=1S/C14H19NO3/c1-3-8-15-9-13(18-10-14(15)16)11-6-4-5-7-12(11)17-2/h4-7,13H,3,8-10H2,1-2H3. The maximum atomic E-state index is 11.7. The summed E-state index contributed by atoms with van der Waals surface area (Å²) in [7, 11) is 1.65. The van der Waals surface area contributed by atoms with Crippen molar-refractivity contribution in [2.24, 2.45) is 0 Å². The summed E-state index contributed by atoms with van der Waals surface area (Å²) in [6.45, 7) is 3.62. The molecule has 1 heterocycles. The monoisotopic (exact) mass is 249 g/mol. The van der Waals surface area contributed by atoms with Crippen molar-refractivity contribution in [2.45, 2.75) is 19.4 Å². The minimum absolute atomic E-state index is 0.0722. The van der Waals surface area contributed by atoms with E-state index in [1.165, 1.54) is 0 Å². The number of carbonyl (C=O) groups excluding carboxylic acids is 1. The highest BCUT2D eigenvalue weighted by atomic mass is 16.5. The number of hydrogen-bond donors (Lipinski definition) is 0. The van der Waals surface area contributed by atoms with E-state index < -0.39 is 0 Å². The number of ether oxygens (including phenoxy) is 2. The molecule has 0 radical (unpaired) electrons. The highest BCUT2D eigenvalue weighted by Crippen LogP contribution is 2.30. The first kappa shape index (κ1) is 12.9. The topological polar surface area (TPSA) is 38.8 Å². The van der Waals surface area contributed by atoms with Gasteiger partial charge in [0.05, 0.1) is 13.7 Å². The van der Waals surface area contributed by atoms with E-state index in [2.05, 4.69) is 6.92 Å². The predicted molar refractivity (Wildman–Crippen MR) is 68.6 cm³/mol. The molecular formula is C14H19NO3. The van der Waals surface area contributed by atoms with Gasteiger partial charge in [-0.15, -0.1) is 0 Å².